The fraction of sp³-hybridized carbons (Fsp3) is 0.357. The quantitative estimate of drug-likeness (QED) is 0.369. The topological polar surface area (TPSA) is 92.1 Å². The number of ether oxygens (including phenoxy) is 2. The predicted octanol–water partition coefficient (Wildman–Crippen LogP) is 5.43. The van der Waals surface area contributed by atoms with E-state index in [1.54, 1.807) is 19.4 Å². The number of rotatable bonds is 9. The van der Waals surface area contributed by atoms with Crippen LogP contribution in [0.2, 0.25) is 0 Å². The Balaban J connectivity index is 1.38. The normalized spacial score (nSPS) is 19.2. The van der Waals surface area contributed by atoms with Crippen molar-refractivity contribution < 1.29 is 33.3 Å². The van der Waals surface area contributed by atoms with Gasteiger partial charge in [-0.05, 0) is 67.6 Å². The number of pyridine rings is 1. The zero-order chi connectivity index (χ0) is 26.4. The summed E-state index contributed by atoms with van der Waals surface area (Å²) < 4.78 is 37.7. The van der Waals surface area contributed by atoms with E-state index in [9.17, 15) is 23.8 Å². The molecule has 0 bridgehead atoms. The maximum absolute atomic E-state index is 13.8. The molecule has 0 radical (unpaired) electrons. The molecule has 0 aliphatic carbocycles. The average molecular weight is 513 g/mol. The van der Waals surface area contributed by atoms with E-state index in [1.165, 1.54) is 6.08 Å². The summed E-state index contributed by atoms with van der Waals surface area (Å²) in [5, 5.41) is 21.1. The molecule has 1 aromatic heterocycles. The summed E-state index contributed by atoms with van der Waals surface area (Å²) in [5.74, 6) is -0.488. The summed E-state index contributed by atoms with van der Waals surface area (Å²) in [7, 11) is 1.56. The van der Waals surface area contributed by atoms with Crippen LogP contribution in [0.4, 0.5) is 13.6 Å². The zero-order valence-electron chi connectivity index (χ0n) is 20.5. The first-order valence-corrected chi connectivity index (χ1v) is 12.2. The summed E-state index contributed by atoms with van der Waals surface area (Å²) in [5.41, 5.74) is 1.65. The highest BCUT2D eigenvalue weighted by atomic mass is 19.1. The van der Waals surface area contributed by atoms with Crippen molar-refractivity contribution in [1.82, 2.24) is 9.88 Å². The molecule has 4 rings (SSSR count). The van der Waals surface area contributed by atoms with Crippen LogP contribution < -0.4 is 4.74 Å². The molecule has 0 amide bonds. The van der Waals surface area contributed by atoms with E-state index in [0.717, 1.165) is 34.7 Å². The maximum Gasteiger partial charge on any atom is 0.506 e. The molecule has 3 aromatic rings. The minimum atomic E-state index is -1.35. The van der Waals surface area contributed by atoms with Crippen molar-refractivity contribution >= 4 is 23.1 Å². The fourth-order valence-electron chi connectivity index (χ4n) is 4.84. The Kier molecular flexibility index (Phi) is 8.68. The van der Waals surface area contributed by atoms with Crippen molar-refractivity contribution in [3.8, 4) is 5.75 Å². The van der Waals surface area contributed by atoms with E-state index >= 15 is 0 Å². The Morgan fingerprint density at radius 3 is 2.89 bits per heavy atom. The second-order valence-electron chi connectivity index (χ2n) is 9.18. The molecule has 1 aliphatic heterocycles. The maximum atomic E-state index is 13.8. The summed E-state index contributed by atoms with van der Waals surface area (Å²) in [6, 6.07) is 10.7. The molecule has 37 heavy (non-hydrogen) atoms. The number of aliphatic hydroxyl groups excluding tert-OH is 1. The zero-order valence-corrected chi connectivity index (χ0v) is 20.5. The molecule has 196 valence electrons. The fourth-order valence-corrected chi connectivity index (χ4v) is 4.84. The highest BCUT2D eigenvalue weighted by Gasteiger charge is 2.32. The molecule has 2 N–H and O–H groups in total. The van der Waals surface area contributed by atoms with Crippen LogP contribution in [-0.4, -0.2) is 59.1 Å². The van der Waals surface area contributed by atoms with Gasteiger partial charge in [0.2, 0.25) is 0 Å². The lowest BCUT2D eigenvalue weighted by atomic mass is 9.87. The van der Waals surface area contributed by atoms with Crippen LogP contribution in [0.15, 0.2) is 54.7 Å². The standard InChI is InChI=1S/C28H30F2N2O5/c1-36-21-15-23-22(5-2-6-25(23)31-16-21)26(33)10-7-18-11-13-32(17-27(18)37-28(34)35)12-3-4-19-14-20(29)8-9-24(19)30/h2-6,8-9,14-16,18,26-27,33H,7,10-13,17H2,1H3,(H,34,35)/t18-,26?,27+/m1/s1. The van der Waals surface area contributed by atoms with Gasteiger partial charge >= 0.3 is 6.16 Å². The summed E-state index contributed by atoms with van der Waals surface area (Å²) in [6.07, 6.45) is 3.88. The number of piperidine rings is 1. The van der Waals surface area contributed by atoms with E-state index in [4.69, 9.17) is 9.47 Å². The number of carboxylic acid groups (broad SMARTS) is 1. The number of aliphatic hydroxyl groups is 1. The first-order valence-electron chi connectivity index (χ1n) is 12.2. The van der Waals surface area contributed by atoms with Gasteiger partial charge in [0.25, 0.3) is 0 Å². The summed E-state index contributed by atoms with van der Waals surface area (Å²) >= 11 is 0. The summed E-state index contributed by atoms with van der Waals surface area (Å²) in [4.78, 5) is 17.7. The van der Waals surface area contributed by atoms with Crippen LogP contribution in [0.5, 0.6) is 5.75 Å². The third-order valence-corrected chi connectivity index (χ3v) is 6.79. The Hall–Kier alpha value is -3.56. The highest BCUT2D eigenvalue weighted by molar-refractivity contribution is 5.83. The number of aromatic nitrogens is 1. The predicted molar refractivity (Wildman–Crippen MR) is 135 cm³/mol. The molecule has 7 nitrogen and oxygen atoms in total. The molecule has 0 saturated carbocycles. The smallest absolute Gasteiger partial charge is 0.495 e. The van der Waals surface area contributed by atoms with E-state index in [1.807, 2.05) is 29.2 Å². The lowest BCUT2D eigenvalue weighted by Crippen LogP contribution is -2.46. The third-order valence-electron chi connectivity index (χ3n) is 6.79. The van der Waals surface area contributed by atoms with Crippen molar-refractivity contribution in [1.29, 1.82) is 0 Å². The first-order chi connectivity index (χ1) is 17.8. The van der Waals surface area contributed by atoms with Crippen LogP contribution in [0, 0.1) is 17.6 Å². The highest BCUT2D eigenvalue weighted by Crippen LogP contribution is 2.32. The number of nitrogens with zero attached hydrogens (tertiary/aromatic N) is 2. The van der Waals surface area contributed by atoms with Gasteiger partial charge in [0.05, 0.1) is 24.9 Å². The van der Waals surface area contributed by atoms with E-state index in [-0.39, 0.29) is 11.5 Å². The van der Waals surface area contributed by atoms with Crippen LogP contribution in [0.1, 0.15) is 36.5 Å². The second-order valence-corrected chi connectivity index (χ2v) is 9.18. The van der Waals surface area contributed by atoms with E-state index in [0.29, 0.717) is 44.6 Å². The minimum absolute atomic E-state index is 0.0609. The molecule has 1 saturated heterocycles. The van der Waals surface area contributed by atoms with Gasteiger partial charge in [-0.2, -0.15) is 0 Å². The van der Waals surface area contributed by atoms with Crippen molar-refractivity contribution in [3.05, 3.63) is 77.5 Å². The monoisotopic (exact) mass is 512 g/mol. The number of halogens is 2. The largest absolute Gasteiger partial charge is 0.506 e. The SMILES string of the molecule is COc1cnc2cccc(C(O)CC[C@@H]3CCN(CC=Cc4cc(F)ccc4F)C[C@@H]3OC(=O)O)c2c1. The molecule has 1 aliphatic rings. The number of carbonyl (C=O) groups is 1. The molecule has 9 heteroatoms. The van der Waals surface area contributed by atoms with Gasteiger partial charge in [-0.15, -0.1) is 0 Å². The Morgan fingerprint density at radius 2 is 2.11 bits per heavy atom. The second kappa shape index (κ2) is 12.1. The third kappa shape index (κ3) is 6.81. The van der Waals surface area contributed by atoms with Gasteiger partial charge in [-0.1, -0.05) is 24.3 Å². The lowest BCUT2D eigenvalue weighted by molar-refractivity contribution is -0.0212. The van der Waals surface area contributed by atoms with Gasteiger partial charge < -0.3 is 19.7 Å². The van der Waals surface area contributed by atoms with Crippen molar-refractivity contribution in [2.75, 3.05) is 26.7 Å². The van der Waals surface area contributed by atoms with Gasteiger partial charge in [-0.3, -0.25) is 9.88 Å². The minimum Gasteiger partial charge on any atom is -0.495 e. The van der Waals surface area contributed by atoms with Crippen LogP contribution >= 0.6 is 0 Å². The van der Waals surface area contributed by atoms with Gasteiger partial charge in [0, 0.05) is 24.0 Å². The Bertz CT molecular complexity index is 1270. The summed E-state index contributed by atoms with van der Waals surface area (Å²) in [6.45, 7) is 1.50. The van der Waals surface area contributed by atoms with Crippen LogP contribution in [0.25, 0.3) is 17.0 Å². The molecule has 3 atom stereocenters. The van der Waals surface area contributed by atoms with Crippen molar-refractivity contribution in [3.63, 3.8) is 0 Å². The number of methoxy groups -OCH3 is 1. The first kappa shape index (κ1) is 26.5. The van der Waals surface area contributed by atoms with Crippen LogP contribution in [-0.2, 0) is 4.74 Å². The average Bonchev–Trinajstić information content (AvgIpc) is 2.89. The molecule has 0 spiro atoms. The Morgan fingerprint density at radius 1 is 1.27 bits per heavy atom. The molecule has 2 heterocycles. The van der Waals surface area contributed by atoms with E-state index in [2.05, 4.69) is 4.98 Å². The number of benzene rings is 2. The van der Waals surface area contributed by atoms with Gasteiger partial charge in [0.1, 0.15) is 23.5 Å². The Labute approximate surface area is 214 Å². The molecule has 1 unspecified atom stereocenters. The van der Waals surface area contributed by atoms with Crippen LogP contribution in [0.3, 0.4) is 0 Å². The van der Waals surface area contributed by atoms with Gasteiger partial charge in [0.15, 0.2) is 0 Å². The van der Waals surface area contributed by atoms with Crippen molar-refractivity contribution in [2.24, 2.45) is 5.92 Å². The van der Waals surface area contributed by atoms with Gasteiger partial charge in [-0.25, -0.2) is 13.6 Å². The van der Waals surface area contributed by atoms with E-state index < -0.39 is 30.0 Å². The lowest BCUT2D eigenvalue weighted by Gasteiger charge is -2.37. The number of hydrogen-bond acceptors (Lipinski definition) is 6. The molecular formula is C28H30F2N2O5. The molecule has 1 fully saturated rings. The molecule has 2 aromatic carbocycles. The molecular weight excluding hydrogens is 482 g/mol. The van der Waals surface area contributed by atoms with Crippen molar-refractivity contribution in [2.45, 2.75) is 31.5 Å². The number of hydrogen-bond donors (Lipinski definition) is 2. The number of likely N-dealkylation sites (tertiary alicyclic amines) is 1. The number of fused-ring (bicyclic) bond motifs is 1.